The highest BCUT2D eigenvalue weighted by atomic mass is 19.1. The fraction of sp³-hybridized carbons (Fsp3) is 0.571. The molecule has 0 saturated heterocycles. The standard InChI is InChI=1S/C7H9FN2/c8-6-3-5-1-2-9-7(5)10-4-6/h4-5H,1-3H2,(H,9,10)/t5-/m0/s1. The summed E-state index contributed by atoms with van der Waals surface area (Å²) < 4.78 is 12.6. The van der Waals surface area contributed by atoms with Gasteiger partial charge in [0.25, 0.3) is 0 Å². The van der Waals surface area contributed by atoms with E-state index in [1.807, 2.05) is 0 Å². The van der Waals surface area contributed by atoms with Gasteiger partial charge in [0.15, 0.2) is 0 Å². The SMILES string of the molecule is FC1=CNC2=NCC[C@H]2C1. The molecule has 2 aliphatic rings. The minimum Gasteiger partial charge on any atom is -0.348 e. The smallest absolute Gasteiger partial charge is 0.117 e. The molecule has 0 unspecified atom stereocenters. The van der Waals surface area contributed by atoms with Gasteiger partial charge >= 0.3 is 0 Å². The number of hydrogen-bond donors (Lipinski definition) is 1. The molecule has 3 heteroatoms. The Kier molecular flexibility index (Phi) is 1.22. The van der Waals surface area contributed by atoms with Crippen molar-refractivity contribution in [3.8, 4) is 0 Å². The third kappa shape index (κ3) is 0.818. The maximum absolute atomic E-state index is 12.6. The molecule has 0 amide bonds. The number of allylic oxidation sites excluding steroid dienone is 1. The number of fused-ring (bicyclic) bond motifs is 1. The molecular weight excluding hydrogens is 131 g/mol. The van der Waals surface area contributed by atoms with Crippen molar-refractivity contribution in [3.05, 3.63) is 12.0 Å². The summed E-state index contributed by atoms with van der Waals surface area (Å²) in [5, 5.41) is 2.84. The molecule has 54 valence electrons. The molecule has 2 nitrogen and oxygen atoms in total. The van der Waals surface area contributed by atoms with Gasteiger partial charge in [-0.25, -0.2) is 4.39 Å². The Morgan fingerprint density at radius 1 is 1.70 bits per heavy atom. The molecule has 0 saturated carbocycles. The van der Waals surface area contributed by atoms with Crippen molar-refractivity contribution >= 4 is 5.84 Å². The largest absolute Gasteiger partial charge is 0.348 e. The van der Waals surface area contributed by atoms with Gasteiger partial charge in [0.1, 0.15) is 11.7 Å². The fourth-order valence-electron chi connectivity index (χ4n) is 1.42. The predicted molar refractivity (Wildman–Crippen MR) is 37.4 cm³/mol. The third-order valence-corrected chi connectivity index (χ3v) is 1.96. The summed E-state index contributed by atoms with van der Waals surface area (Å²) in [5.41, 5.74) is 0. The Morgan fingerprint density at radius 2 is 2.60 bits per heavy atom. The molecule has 0 aliphatic carbocycles. The summed E-state index contributed by atoms with van der Waals surface area (Å²) >= 11 is 0. The van der Waals surface area contributed by atoms with Gasteiger partial charge in [0, 0.05) is 25.1 Å². The number of nitrogens with one attached hydrogen (secondary N) is 1. The van der Waals surface area contributed by atoms with Crippen LogP contribution in [0.2, 0.25) is 0 Å². The topological polar surface area (TPSA) is 24.4 Å². The van der Waals surface area contributed by atoms with Crippen molar-refractivity contribution in [1.29, 1.82) is 0 Å². The van der Waals surface area contributed by atoms with Crippen LogP contribution in [0, 0.1) is 5.92 Å². The summed E-state index contributed by atoms with van der Waals surface area (Å²) in [4.78, 5) is 4.19. The second-order valence-electron chi connectivity index (χ2n) is 2.69. The van der Waals surface area contributed by atoms with Crippen LogP contribution in [-0.2, 0) is 0 Å². The number of halogens is 1. The van der Waals surface area contributed by atoms with Gasteiger partial charge in [-0.15, -0.1) is 0 Å². The molecule has 2 heterocycles. The third-order valence-electron chi connectivity index (χ3n) is 1.96. The Balaban J connectivity index is 2.19. The van der Waals surface area contributed by atoms with Gasteiger partial charge in [-0.1, -0.05) is 0 Å². The lowest BCUT2D eigenvalue weighted by molar-refractivity contribution is 0.513. The highest BCUT2D eigenvalue weighted by Gasteiger charge is 2.24. The van der Waals surface area contributed by atoms with Gasteiger partial charge < -0.3 is 5.32 Å². The first-order valence-corrected chi connectivity index (χ1v) is 3.51. The van der Waals surface area contributed by atoms with Crippen LogP contribution in [0.4, 0.5) is 4.39 Å². The molecule has 0 fully saturated rings. The average Bonchev–Trinajstić information content (AvgIpc) is 2.33. The van der Waals surface area contributed by atoms with Crippen LogP contribution in [0.5, 0.6) is 0 Å². The summed E-state index contributed by atoms with van der Waals surface area (Å²) in [6.45, 7) is 0.855. The molecule has 0 aromatic carbocycles. The normalized spacial score (nSPS) is 30.3. The van der Waals surface area contributed by atoms with Crippen molar-refractivity contribution < 1.29 is 4.39 Å². The first-order chi connectivity index (χ1) is 4.86. The van der Waals surface area contributed by atoms with Gasteiger partial charge in [0.05, 0.1) is 0 Å². The second-order valence-corrected chi connectivity index (χ2v) is 2.69. The van der Waals surface area contributed by atoms with Crippen molar-refractivity contribution in [2.45, 2.75) is 12.8 Å². The highest BCUT2D eigenvalue weighted by molar-refractivity contribution is 5.87. The number of nitrogens with zero attached hydrogens (tertiary/aromatic N) is 1. The van der Waals surface area contributed by atoms with E-state index in [1.54, 1.807) is 0 Å². The van der Waals surface area contributed by atoms with E-state index < -0.39 is 0 Å². The molecule has 0 bridgehead atoms. The Hall–Kier alpha value is -0.860. The van der Waals surface area contributed by atoms with Crippen LogP contribution in [0.3, 0.4) is 0 Å². The van der Waals surface area contributed by atoms with Crippen LogP contribution < -0.4 is 5.32 Å². The van der Waals surface area contributed by atoms with Gasteiger partial charge in [-0.3, -0.25) is 4.99 Å². The van der Waals surface area contributed by atoms with E-state index in [1.165, 1.54) is 6.20 Å². The quantitative estimate of drug-likeness (QED) is 0.537. The second kappa shape index (κ2) is 2.08. The van der Waals surface area contributed by atoms with Crippen LogP contribution in [0.15, 0.2) is 17.0 Å². The van der Waals surface area contributed by atoms with Crippen LogP contribution >= 0.6 is 0 Å². The molecule has 0 radical (unpaired) electrons. The summed E-state index contributed by atoms with van der Waals surface area (Å²) in [6, 6.07) is 0. The van der Waals surface area contributed by atoms with Crippen molar-refractivity contribution in [1.82, 2.24) is 5.32 Å². The maximum Gasteiger partial charge on any atom is 0.117 e. The minimum atomic E-state index is -0.0501. The number of aliphatic imine (C=N–C) groups is 1. The molecule has 0 aromatic rings. The van der Waals surface area contributed by atoms with Crippen molar-refractivity contribution in [2.75, 3.05) is 6.54 Å². The molecule has 2 rings (SSSR count). The summed E-state index contributed by atoms with van der Waals surface area (Å²) in [6.07, 6.45) is 2.95. The Bertz CT molecular complexity index is 208. The molecule has 0 aromatic heterocycles. The van der Waals surface area contributed by atoms with E-state index in [4.69, 9.17) is 0 Å². The highest BCUT2D eigenvalue weighted by Crippen LogP contribution is 2.24. The molecule has 0 spiro atoms. The molecule has 1 atom stereocenters. The van der Waals surface area contributed by atoms with Crippen LogP contribution in [-0.4, -0.2) is 12.4 Å². The van der Waals surface area contributed by atoms with E-state index in [2.05, 4.69) is 10.3 Å². The zero-order valence-corrected chi connectivity index (χ0v) is 5.60. The monoisotopic (exact) mass is 140 g/mol. The number of amidine groups is 1. The van der Waals surface area contributed by atoms with E-state index in [0.717, 1.165) is 18.8 Å². The van der Waals surface area contributed by atoms with Gasteiger partial charge in [0.2, 0.25) is 0 Å². The lowest BCUT2D eigenvalue weighted by Gasteiger charge is -2.16. The maximum atomic E-state index is 12.6. The minimum absolute atomic E-state index is 0.0501. The number of hydrogen-bond acceptors (Lipinski definition) is 2. The lowest BCUT2D eigenvalue weighted by Crippen LogP contribution is -2.27. The van der Waals surface area contributed by atoms with E-state index in [-0.39, 0.29) is 5.83 Å². The first kappa shape index (κ1) is 5.89. The van der Waals surface area contributed by atoms with E-state index >= 15 is 0 Å². The van der Waals surface area contributed by atoms with E-state index in [9.17, 15) is 4.39 Å². The van der Waals surface area contributed by atoms with Crippen LogP contribution in [0.1, 0.15) is 12.8 Å². The van der Waals surface area contributed by atoms with Gasteiger partial charge in [-0.2, -0.15) is 0 Å². The Morgan fingerprint density at radius 3 is 3.50 bits per heavy atom. The van der Waals surface area contributed by atoms with Gasteiger partial charge in [-0.05, 0) is 6.42 Å². The molecular formula is C7H9FN2. The number of rotatable bonds is 0. The Labute approximate surface area is 58.8 Å². The molecule has 10 heavy (non-hydrogen) atoms. The molecule has 2 aliphatic heterocycles. The van der Waals surface area contributed by atoms with Crippen molar-refractivity contribution in [3.63, 3.8) is 0 Å². The first-order valence-electron chi connectivity index (χ1n) is 3.51. The van der Waals surface area contributed by atoms with Crippen molar-refractivity contribution in [2.24, 2.45) is 10.9 Å². The zero-order valence-electron chi connectivity index (χ0n) is 5.60. The lowest BCUT2D eigenvalue weighted by atomic mass is 10.00. The summed E-state index contributed by atoms with van der Waals surface area (Å²) in [5.74, 6) is 1.26. The predicted octanol–water partition coefficient (Wildman–Crippen LogP) is 1.21. The van der Waals surface area contributed by atoms with Crippen LogP contribution in [0.25, 0.3) is 0 Å². The zero-order chi connectivity index (χ0) is 6.97. The fourth-order valence-corrected chi connectivity index (χ4v) is 1.42. The van der Waals surface area contributed by atoms with E-state index in [0.29, 0.717) is 12.3 Å². The summed E-state index contributed by atoms with van der Waals surface area (Å²) in [7, 11) is 0. The average molecular weight is 140 g/mol. The molecule has 1 N–H and O–H groups in total.